The number of carboxylic acid groups (broad SMARTS) is 1. The first-order valence-corrected chi connectivity index (χ1v) is 6.79. The van der Waals surface area contributed by atoms with Crippen LogP contribution in [0.2, 0.25) is 0 Å². The normalized spacial score (nSPS) is 23.3. The van der Waals surface area contributed by atoms with Crippen molar-refractivity contribution in [2.24, 2.45) is 0 Å². The van der Waals surface area contributed by atoms with Crippen LogP contribution in [-0.4, -0.2) is 22.3 Å². The summed E-state index contributed by atoms with van der Waals surface area (Å²) in [6, 6.07) is 7.53. The van der Waals surface area contributed by atoms with E-state index in [2.05, 4.69) is 0 Å². The minimum Gasteiger partial charge on any atom is -0.481 e. The van der Waals surface area contributed by atoms with E-state index in [4.69, 9.17) is 5.11 Å². The van der Waals surface area contributed by atoms with E-state index in [1.807, 2.05) is 30.3 Å². The van der Waals surface area contributed by atoms with Crippen molar-refractivity contribution in [1.82, 2.24) is 0 Å². The van der Waals surface area contributed by atoms with Crippen LogP contribution in [0, 0.1) is 0 Å². The predicted octanol–water partition coefficient (Wildman–Crippen LogP) is 3.19. The number of hydrogen-bond acceptors (Lipinski definition) is 2. The highest BCUT2D eigenvalue weighted by molar-refractivity contribution is 5.75. The molecule has 0 spiro atoms. The van der Waals surface area contributed by atoms with E-state index in [9.17, 15) is 9.90 Å². The summed E-state index contributed by atoms with van der Waals surface area (Å²) in [7, 11) is 0. The third-order valence-corrected chi connectivity index (χ3v) is 3.78. The Morgan fingerprint density at radius 2 is 2.00 bits per heavy atom. The zero-order valence-corrected chi connectivity index (χ0v) is 11.2. The fraction of sp³-hybridized carbons (Fsp3) is 0.438. The van der Waals surface area contributed by atoms with Crippen LogP contribution in [0.15, 0.2) is 29.8 Å². The fourth-order valence-electron chi connectivity index (χ4n) is 2.42. The molecule has 2 atom stereocenters. The molecule has 0 radical (unpaired) electrons. The van der Waals surface area contributed by atoms with Gasteiger partial charge in [-0.25, -0.2) is 0 Å². The van der Waals surface area contributed by atoms with Gasteiger partial charge in [0.15, 0.2) is 0 Å². The molecule has 1 aliphatic carbocycles. The second-order valence-corrected chi connectivity index (χ2v) is 5.21. The zero-order chi connectivity index (χ0) is 13.8. The van der Waals surface area contributed by atoms with Crippen LogP contribution in [0.4, 0.5) is 0 Å². The van der Waals surface area contributed by atoms with Gasteiger partial charge in [0.2, 0.25) is 0 Å². The highest BCUT2D eigenvalue weighted by atomic mass is 16.4. The Bertz CT molecular complexity index is 473. The lowest BCUT2D eigenvalue weighted by Crippen LogP contribution is -2.14. The fourth-order valence-corrected chi connectivity index (χ4v) is 2.42. The van der Waals surface area contributed by atoms with Crippen molar-refractivity contribution >= 4 is 12.0 Å². The Morgan fingerprint density at radius 1 is 1.32 bits per heavy atom. The average Bonchev–Trinajstić information content (AvgIpc) is 2.41. The van der Waals surface area contributed by atoms with Gasteiger partial charge in [-0.1, -0.05) is 36.8 Å². The largest absolute Gasteiger partial charge is 0.481 e. The van der Waals surface area contributed by atoms with Gasteiger partial charge in [-0.3, -0.25) is 4.79 Å². The van der Waals surface area contributed by atoms with E-state index in [1.54, 1.807) is 6.92 Å². The van der Waals surface area contributed by atoms with E-state index in [0.29, 0.717) is 0 Å². The van der Waals surface area contributed by atoms with Crippen molar-refractivity contribution in [1.29, 1.82) is 0 Å². The molecule has 3 heteroatoms. The molecule has 0 bridgehead atoms. The van der Waals surface area contributed by atoms with Gasteiger partial charge in [-0.15, -0.1) is 0 Å². The molecule has 3 nitrogen and oxygen atoms in total. The highest BCUT2D eigenvalue weighted by Gasteiger charge is 2.16. The number of carbonyl (C=O) groups is 1. The second-order valence-electron chi connectivity index (χ2n) is 5.21. The summed E-state index contributed by atoms with van der Waals surface area (Å²) in [4.78, 5) is 10.9. The van der Waals surface area contributed by atoms with Crippen LogP contribution < -0.4 is 0 Å². The molecule has 0 heterocycles. The smallest absolute Gasteiger partial charge is 0.310 e. The molecule has 102 valence electrons. The van der Waals surface area contributed by atoms with E-state index < -0.39 is 11.9 Å². The van der Waals surface area contributed by atoms with E-state index in [1.165, 1.54) is 0 Å². The summed E-state index contributed by atoms with van der Waals surface area (Å²) >= 11 is 0. The lowest BCUT2D eigenvalue weighted by Gasteiger charge is -2.20. The third-order valence-electron chi connectivity index (χ3n) is 3.78. The number of carboxylic acids is 1. The number of aliphatic hydroxyl groups is 1. The summed E-state index contributed by atoms with van der Waals surface area (Å²) in [5.41, 5.74) is 2.92. The highest BCUT2D eigenvalue weighted by Crippen LogP contribution is 2.26. The summed E-state index contributed by atoms with van der Waals surface area (Å²) in [5.74, 6) is -1.30. The molecule has 1 unspecified atom stereocenters. The number of hydrogen-bond donors (Lipinski definition) is 2. The molecule has 19 heavy (non-hydrogen) atoms. The van der Waals surface area contributed by atoms with Crippen LogP contribution in [0.1, 0.15) is 49.7 Å². The Hall–Kier alpha value is -1.61. The molecule has 0 amide bonds. The summed E-state index contributed by atoms with van der Waals surface area (Å²) in [6.07, 6.45) is 5.74. The lowest BCUT2D eigenvalue weighted by atomic mass is 9.90. The van der Waals surface area contributed by atoms with Crippen molar-refractivity contribution in [2.45, 2.75) is 44.6 Å². The standard InChI is InChI=1S/C16H20O3/c1-11(16(18)19)13-8-6-12(7-9-13)10-14-4-2-3-5-15(14)17/h6-11,15,17H,2-5H2,1H3,(H,18,19)/b14-10-/t11?,15-/m0/s1. The Morgan fingerprint density at radius 3 is 2.58 bits per heavy atom. The first kappa shape index (κ1) is 13.8. The molecule has 0 aliphatic heterocycles. The quantitative estimate of drug-likeness (QED) is 0.877. The average molecular weight is 260 g/mol. The molecular formula is C16H20O3. The molecule has 0 saturated heterocycles. The third kappa shape index (κ3) is 3.44. The Balaban J connectivity index is 2.14. The first-order valence-electron chi connectivity index (χ1n) is 6.79. The molecule has 1 saturated carbocycles. The zero-order valence-electron chi connectivity index (χ0n) is 11.2. The summed E-state index contributed by atoms with van der Waals surface area (Å²) in [5, 5.41) is 18.9. The maximum absolute atomic E-state index is 10.9. The van der Waals surface area contributed by atoms with Crippen LogP contribution in [-0.2, 0) is 4.79 Å². The van der Waals surface area contributed by atoms with Gasteiger partial charge >= 0.3 is 5.97 Å². The first-order chi connectivity index (χ1) is 9.08. The van der Waals surface area contributed by atoms with E-state index in [-0.39, 0.29) is 6.10 Å². The summed E-state index contributed by atoms with van der Waals surface area (Å²) in [6.45, 7) is 1.68. The molecule has 2 rings (SSSR count). The molecule has 0 aromatic heterocycles. The van der Waals surface area contributed by atoms with E-state index >= 15 is 0 Å². The minimum atomic E-state index is -0.811. The lowest BCUT2D eigenvalue weighted by molar-refractivity contribution is -0.138. The van der Waals surface area contributed by atoms with Gasteiger partial charge in [0, 0.05) is 0 Å². The van der Waals surface area contributed by atoms with Crippen LogP contribution >= 0.6 is 0 Å². The monoisotopic (exact) mass is 260 g/mol. The molecule has 1 fully saturated rings. The number of benzene rings is 1. The molecule has 1 aliphatic rings. The maximum Gasteiger partial charge on any atom is 0.310 e. The van der Waals surface area contributed by atoms with Crippen molar-refractivity contribution in [2.75, 3.05) is 0 Å². The van der Waals surface area contributed by atoms with Gasteiger partial charge in [-0.2, -0.15) is 0 Å². The van der Waals surface area contributed by atoms with Crippen molar-refractivity contribution in [3.8, 4) is 0 Å². The maximum atomic E-state index is 10.9. The molecular weight excluding hydrogens is 240 g/mol. The Labute approximate surface area is 113 Å². The molecule has 2 N–H and O–H groups in total. The SMILES string of the molecule is CC(C(=O)O)c1ccc(/C=C2/CCCC[C@@H]2O)cc1. The number of rotatable bonds is 3. The van der Waals surface area contributed by atoms with Gasteiger partial charge in [0.1, 0.15) is 0 Å². The van der Waals surface area contributed by atoms with Crippen molar-refractivity contribution < 1.29 is 15.0 Å². The van der Waals surface area contributed by atoms with Gasteiger partial charge < -0.3 is 10.2 Å². The van der Waals surface area contributed by atoms with Gasteiger partial charge in [0.05, 0.1) is 12.0 Å². The van der Waals surface area contributed by atoms with Gasteiger partial charge in [-0.05, 0) is 42.9 Å². The number of aliphatic hydroxyl groups excluding tert-OH is 1. The minimum absolute atomic E-state index is 0.314. The van der Waals surface area contributed by atoms with Gasteiger partial charge in [0.25, 0.3) is 0 Å². The van der Waals surface area contributed by atoms with E-state index in [0.717, 1.165) is 42.4 Å². The predicted molar refractivity (Wildman–Crippen MR) is 74.9 cm³/mol. The number of aliphatic carboxylic acids is 1. The van der Waals surface area contributed by atoms with Crippen LogP contribution in [0.5, 0.6) is 0 Å². The van der Waals surface area contributed by atoms with Crippen molar-refractivity contribution in [3.05, 3.63) is 41.0 Å². The molecule has 1 aromatic rings. The Kier molecular flexibility index (Phi) is 4.38. The van der Waals surface area contributed by atoms with Crippen molar-refractivity contribution in [3.63, 3.8) is 0 Å². The van der Waals surface area contributed by atoms with Crippen LogP contribution in [0.3, 0.4) is 0 Å². The topological polar surface area (TPSA) is 57.5 Å². The second kappa shape index (κ2) is 6.02. The molecule has 1 aromatic carbocycles. The van der Waals surface area contributed by atoms with Crippen LogP contribution in [0.25, 0.3) is 6.08 Å². The summed E-state index contributed by atoms with van der Waals surface area (Å²) < 4.78 is 0.